The topological polar surface area (TPSA) is 70.7 Å². The Morgan fingerprint density at radius 2 is 1.82 bits per heavy atom. The van der Waals surface area contributed by atoms with Crippen LogP contribution >= 0.6 is 15.9 Å². The number of ether oxygens (including phenoxy) is 1. The molecule has 2 aliphatic heterocycles. The SMILES string of the molecule is Cc1ccc(NC(=O)[C@@H]2[C@H]3NC(=O)N(c4ccc(Br)cc4)[C@@]2(C)Oc2ccccc23)c(C)c1. The van der Waals surface area contributed by atoms with Crippen LogP contribution in [0.1, 0.15) is 29.7 Å². The van der Waals surface area contributed by atoms with Crippen molar-refractivity contribution in [1.29, 1.82) is 0 Å². The van der Waals surface area contributed by atoms with Gasteiger partial charge in [0, 0.05) is 21.4 Å². The minimum Gasteiger partial charge on any atom is -0.466 e. The zero-order valence-electron chi connectivity index (χ0n) is 18.6. The molecule has 0 radical (unpaired) electrons. The lowest BCUT2D eigenvalue weighted by atomic mass is 9.78. The third kappa shape index (κ3) is 3.56. The van der Waals surface area contributed by atoms with Gasteiger partial charge in [0.1, 0.15) is 11.7 Å². The molecule has 0 aromatic heterocycles. The number of nitrogens with zero attached hydrogens (tertiary/aromatic N) is 1. The predicted octanol–water partition coefficient (Wildman–Crippen LogP) is 5.70. The van der Waals surface area contributed by atoms with Crippen LogP contribution < -0.4 is 20.3 Å². The van der Waals surface area contributed by atoms with Crippen LogP contribution in [0.15, 0.2) is 71.2 Å². The Kier molecular flexibility index (Phi) is 5.16. The number of anilines is 2. The van der Waals surface area contributed by atoms with E-state index in [1.54, 1.807) is 0 Å². The van der Waals surface area contributed by atoms with Crippen LogP contribution in [0.5, 0.6) is 5.75 Å². The summed E-state index contributed by atoms with van der Waals surface area (Å²) < 4.78 is 7.37. The van der Waals surface area contributed by atoms with Crippen LogP contribution in [0, 0.1) is 19.8 Å². The Bertz CT molecular complexity index is 1260. The van der Waals surface area contributed by atoms with E-state index >= 15 is 0 Å². The van der Waals surface area contributed by atoms with E-state index in [2.05, 4.69) is 26.6 Å². The maximum Gasteiger partial charge on any atom is 0.325 e. The minimum atomic E-state index is -1.24. The van der Waals surface area contributed by atoms with Crippen molar-refractivity contribution in [3.63, 3.8) is 0 Å². The van der Waals surface area contributed by atoms with Crippen molar-refractivity contribution in [2.24, 2.45) is 5.92 Å². The van der Waals surface area contributed by atoms with Gasteiger partial charge in [0.15, 0.2) is 0 Å². The third-order valence-electron chi connectivity index (χ3n) is 6.41. The average Bonchev–Trinajstić information content (AvgIpc) is 2.76. The van der Waals surface area contributed by atoms with Gasteiger partial charge < -0.3 is 15.4 Å². The molecule has 3 aromatic rings. The molecule has 7 heteroatoms. The van der Waals surface area contributed by atoms with Crippen molar-refractivity contribution in [1.82, 2.24) is 5.32 Å². The molecule has 3 amide bonds. The van der Waals surface area contributed by atoms with Gasteiger partial charge >= 0.3 is 6.03 Å². The molecular weight excluding hydrogens is 482 g/mol. The van der Waals surface area contributed by atoms with Gasteiger partial charge in [-0.3, -0.25) is 9.69 Å². The summed E-state index contributed by atoms with van der Waals surface area (Å²) in [5, 5.41) is 6.15. The largest absolute Gasteiger partial charge is 0.466 e. The number of halogens is 1. The number of fused-ring (bicyclic) bond motifs is 4. The highest BCUT2D eigenvalue weighted by atomic mass is 79.9. The smallest absolute Gasteiger partial charge is 0.325 e. The molecule has 0 aliphatic carbocycles. The predicted molar refractivity (Wildman–Crippen MR) is 131 cm³/mol. The third-order valence-corrected chi connectivity index (χ3v) is 6.94. The van der Waals surface area contributed by atoms with Crippen molar-refractivity contribution < 1.29 is 14.3 Å². The number of carbonyl (C=O) groups excluding carboxylic acids is 2. The van der Waals surface area contributed by atoms with Gasteiger partial charge in [-0.2, -0.15) is 0 Å². The van der Waals surface area contributed by atoms with E-state index < -0.39 is 17.7 Å². The molecule has 1 fully saturated rings. The van der Waals surface area contributed by atoms with Gasteiger partial charge in [-0.15, -0.1) is 0 Å². The number of nitrogens with one attached hydrogen (secondary N) is 2. The lowest BCUT2D eigenvalue weighted by molar-refractivity contribution is -0.131. The van der Waals surface area contributed by atoms with Gasteiger partial charge in [0.2, 0.25) is 11.6 Å². The summed E-state index contributed by atoms with van der Waals surface area (Å²) >= 11 is 3.44. The second kappa shape index (κ2) is 7.92. The Balaban J connectivity index is 1.61. The van der Waals surface area contributed by atoms with E-state index in [0.717, 1.165) is 26.9 Å². The number of urea groups is 1. The molecule has 33 heavy (non-hydrogen) atoms. The van der Waals surface area contributed by atoms with E-state index in [1.165, 1.54) is 4.90 Å². The zero-order chi connectivity index (χ0) is 23.3. The Morgan fingerprint density at radius 3 is 2.55 bits per heavy atom. The molecule has 6 nitrogen and oxygen atoms in total. The van der Waals surface area contributed by atoms with Gasteiger partial charge in [0.25, 0.3) is 0 Å². The molecule has 0 saturated carbocycles. The summed E-state index contributed by atoms with van der Waals surface area (Å²) in [4.78, 5) is 28.7. The van der Waals surface area contributed by atoms with E-state index in [4.69, 9.17) is 4.74 Å². The van der Waals surface area contributed by atoms with Gasteiger partial charge in [-0.25, -0.2) is 4.79 Å². The Hall–Kier alpha value is -3.32. The van der Waals surface area contributed by atoms with Gasteiger partial charge in [-0.1, -0.05) is 51.8 Å². The lowest BCUT2D eigenvalue weighted by Crippen LogP contribution is -2.72. The minimum absolute atomic E-state index is 0.217. The highest BCUT2D eigenvalue weighted by molar-refractivity contribution is 9.10. The highest BCUT2D eigenvalue weighted by Gasteiger charge is 2.60. The number of benzene rings is 3. The molecule has 3 aromatic carbocycles. The summed E-state index contributed by atoms with van der Waals surface area (Å²) in [6.45, 7) is 5.79. The molecule has 5 rings (SSSR count). The molecular formula is C26H24BrN3O3. The van der Waals surface area contributed by atoms with Gasteiger partial charge in [-0.05, 0) is 62.7 Å². The molecule has 2 N–H and O–H groups in total. The first-order chi connectivity index (χ1) is 15.8. The standard InChI is InChI=1S/C26H24BrN3O3/c1-15-8-13-20(16(2)14-15)28-24(31)22-23-19-6-4-5-7-21(19)33-26(22,3)30(25(32)29-23)18-11-9-17(27)10-12-18/h4-14,22-23H,1-3H3,(H,28,31)(H,29,32)/t22-,23-,26-/m0/s1. The molecule has 0 unspecified atom stereocenters. The number of aryl methyl sites for hydroxylation is 2. The Labute approximate surface area is 201 Å². The first-order valence-electron chi connectivity index (χ1n) is 10.8. The van der Waals surface area contributed by atoms with Crippen LogP contribution in [0.2, 0.25) is 0 Å². The second-order valence-corrected chi connectivity index (χ2v) is 9.63. The molecule has 168 valence electrons. The monoisotopic (exact) mass is 505 g/mol. The van der Waals surface area contributed by atoms with Crippen molar-refractivity contribution in [2.75, 3.05) is 10.2 Å². The molecule has 2 bridgehead atoms. The fourth-order valence-corrected chi connectivity index (χ4v) is 5.14. The molecule has 2 aliphatic rings. The van der Waals surface area contributed by atoms with E-state index in [1.807, 2.05) is 87.5 Å². The van der Waals surface area contributed by atoms with Crippen LogP contribution in [-0.4, -0.2) is 17.7 Å². The van der Waals surface area contributed by atoms with Crippen molar-refractivity contribution in [2.45, 2.75) is 32.5 Å². The Morgan fingerprint density at radius 1 is 1.09 bits per heavy atom. The van der Waals surface area contributed by atoms with E-state index in [-0.39, 0.29) is 11.9 Å². The van der Waals surface area contributed by atoms with Gasteiger partial charge in [0.05, 0.1) is 6.04 Å². The van der Waals surface area contributed by atoms with E-state index in [0.29, 0.717) is 11.4 Å². The van der Waals surface area contributed by atoms with Crippen LogP contribution in [0.4, 0.5) is 16.2 Å². The number of carbonyl (C=O) groups is 2. The molecule has 2 heterocycles. The summed E-state index contributed by atoms with van der Waals surface area (Å²) in [7, 11) is 0. The molecule has 3 atom stereocenters. The quantitative estimate of drug-likeness (QED) is 0.479. The number of rotatable bonds is 3. The fraction of sp³-hybridized carbons (Fsp3) is 0.231. The fourth-order valence-electron chi connectivity index (χ4n) is 4.87. The van der Waals surface area contributed by atoms with Crippen LogP contribution in [-0.2, 0) is 4.79 Å². The summed E-state index contributed by atoms with van der Waals surface area (Å²) in [6, 6.07) is 20.0. The van der Waals surface area contributed by atoms with Crippen LogP contribution in [0.25, 0.3) is 0 Å². The first kappa shape index (κ1) is 21.5. The van der Waals surface area contributed by atoms with Crippen molar-refractivity contribution >= 4 is 39.2 Å². The summed E-state index contributed by atoms with van der Waals surface area (Å²) in [5.41, 5.74) is 3.03. The maximum atomic E-state index is 13.8. The number of amides is 3. The number of hydrogen-bond acceptors (Lipinski definition) is 3. The van der Waals surface area contributed by atoms with Crippen molar-refractivity contribution in [3.05, 3.63) is 87.9 Å². The highest BCUT2D eigenvalue weighted by Crippen LogP contribution is 2.49. The zero-order valence-corrected chi connectivity index (χ0v) is 20.1. The van der Waals surface area contributed by atoms with Crippen LogP contribution in [0.3, 0.4) is 0 Å². The maximum absolute atomic E-state index is 13.8. The second-order valence-electron chi connectivity index (χ2n) is 8.72. The average molecular weight is 506 g/mol. The van der Waals surface area contributed by atoms with E-state index in [9.17, 15) is 9.59 Å². The molecule has 0 spiro atoms. The summed E-state index contributed by atoms with van der Waals surface area (Å²) in [6.07, 6.45) is 0. The number of hydrogen-bond donors (Lipinski definition) is 2. The summed E-state index contributed by atoms with van der Waals surface area (Å²) in [5.74, 6) is -0.261. The van der Waals surface area contributed by atoms with Crippen molar-refractivity contribution in [3.8, 4) is 5.75 Å². The normalized spacial score (nSPS) is 23.3. The molecule has 1 saturated heterocycles. The first-order valence-corrected chi connectivity index (χ1v) is 11.6. The number of para-hydroxylation sites is 1. The lowest BCUT2D eigenvalue weighted by Gasteiger charge is -2.54.